The van der Waals surface area contributed by atoms with E-state index < -0.39 is 0 Å². The molecule has 2 heteroatoms. The Hall–Kier alpha value is -1.15. The summed E-state index contributed by atoms with van der Waals surface area (Å²) in [5.74, 6) is 0. The number of aldehydes is 1. The largest absolute Gasteiger partial charge is 0.310 e. The van der Waals surface area contributed by atoms with Gasteiger partial charge in [0.25, 0.3) is 0 Å². The molecule has 1 aromatic rings. The Bertz CT molecular complexity index is 306. The van der Waals surface area contributed by atoms with Gasteiger partial charge in [0.2, 0.25) is 0 Å². The van der Waals surface area contributed by atoms with Gasteiger partial charge in [0.05, 0.1) is 6.04 Å². The van der Waals surface area contributed by atoms with Crippen molar-refractivity contribution in [3.05, 3.63) is 35.9 Å². The van der Waals surface area contributed by atoms with E-state index in [1.165, 1.54) is 5.56 Å². The molecule has 82 valence electrons. The first-order chi connectivity index (χ1) is 7.10. The Morgan fingerprint density at radius 3 is 2.40 bits per heavy atom. The second kappa shape index (κ2) is 5.08. The molecule has 0 fully saturated rings. The van der Waals surface area contributed by atoms with Gasteiger partial charge in [-0.25, -0.2) is 0 Å². The normalized spacial score (nSPS) is 13.5. The van der Waals surface area contributed by atoms with Crippen LogP contribution in [0.2, 0.25) is 0 Å². The van der Waals surface area contributed by atoms with Crippen molar-refractivity contribution in [3.63, 3.8) is 0 Å². The van der Waals surface area contributed by atoms with Crippen LogP contribution in [0, 0.1) is 5.41 Å². The lowest BCUT2D eigenvalue weighted by Crippen LogP contribution is -2.42. The van der Waals surface area contributed by atoms with Gasteiger partial charge in [-0.2, -0.15) is 0 Å². The average Bonchev–Trinajstić information content (AvgIpc) is 2.19. The van der Waals surface area contributed by atoms with Crippen LogP contribution in [0.3, 0.4) is 0 Å². The Labute approximate surface area is 91.7 Å². The van der Waals surface area contributed by atoms with E-state index in [1.807, 2.05) is 25.2 Å². The van der Waals surface area contributed by atoms with E-state index in [1.54, 1.807) is 0 Å². The second-order valence-electron chi connectivity index (χ2n) is 4.55. The zero-order valence-corrected chi connectivity index (χ0v) is 9.66. The topological polar surface area (TPSA) is 29.1 Å². The SMILES string of the molecule is CN[C@H](C=O)C(C)(C)Cc1ccccc1. The number of carbonyl (C=O) groups is 1. The zero-order valence-electron chi connectivity index (χ0n) is 9.66. The van der Waals surface area contributed by atoms with Crippen LogP contribution >= 0.6 is 0 Å². The molecule has 0 bridgehead atoms. The molecule has 1 atom stereocenters. The molecule has 0 aliphatic rings. The highest BCUT2D eigenvalue weighted by atomic mass is 16.1. The summed E-state index contributed by atoms with van der Waals surface area (Å²) in [4.78, 5) is 10.9. The monoisotopic (exact) mass is 205 g/mol. The predicted molar refractivity (Wildman–Crippen MR) is 62.8 cm³/mol. The highest BCUT2D eigenvalue weighted by Gasteiger charge is 2.27. The number of carbonyl (C=O) groups excluding carboxylic acids is 1. The van der Waals surface area contributed by atoms with Crippen molar-refractivity contribution in [2.75, 3.05) is 7.05 Å². The van der Waals surface area contributed by atoms with Gasteiger partial charge in [0.15, 0.2) is 0 Å². The van der Waals surface area contributed by atoms with Gasteiger partial charge in [0.1, 0.15) is 6.29 Å². The highest BCUT2D eigenvalue weighted by molar-refractivity contribution is 5.59. The number of likely N-dealkylation sites (N-methyl/N-ethyl adjacent to an activating group) is 1. The lowest BCUT2D eigenvalue weighted by molar-refractivity contribution is -0.111. The molecule has 0 spiro atoms. The minimum absolute atomic E-state index is 0.0577. The number of rotatable bonds is 5. The third-order valence-corrected chi connectivity index (χ3v) is 2.79. The summed E-state index contributed by atoms with van der Waals surface area (Å²) in [6.45, 7) is 4.21. The standard InChI is InChI=1S/C13H19NO/c1-13(2,12(10-15)14-3)9-11-7-5-4-6-8-11/h4-8,10,12,14H,9H2,1-3H3/t12-/m1/s1. The maximum atomic E-state index is 10.9. The van der Waals surface area contributed by atoms with Crippen molar-refractivity contribution in [1.82, 2.24) is 5.32 Å². The molecule has 0 saturated carbocycles. The van der Waals surface area contributed by atoms with Crippen molar-refractivity contribution in [2.45, 2.75) is 26.3 Å². The molecule has 0 amide bonds. The summed E-state index contributed by atoms with van der Waals surface area (Å²) in [7, 11) is 1.83. The van der Waals surface area contributed by atoms with Crippen molar-refractivity contribution in [3.8, 4) is 0 Å². The molecule has 1 aromatic carbocycles. The van der Waals surface area contributed by atoms with Crippen LogP contribution in [-0.4, -0.2) is 19.4 Å². The fourth-order valence-electron chi connectivity index (χ4n) is 1.87. The van der Waals surface area contributed by atoms with Crippen molar-refractivity contribution < 1.29 is 4.79 Å². The van der Waals surface area contributed by atoms with Crippen LogP contribution in [0.15, 0.2) is 30.3 Å². The Morgan fingerprint density at radius 2 is 1.93 bits per heavy atom. The third-order valence-electron chi connectivity index (χ3n) is 2.79. The van der Waals surface area contributed by atoms with Gasteiger partial charge in [-0.3, -0.25) is 0 Å². The molecule has 1 rings (SSSR count). The molecular weight excluding hydrogens is 186 g/mol. The minimum atomic E-state index is -0.0993. The summed E-state index contributed by atoms with van der Waals surface area (Å²) >= 11 is 0. The third kappa shape index (κ3) is 3.17. The fraction of sp³-hybridized carbons (Fsp3) is 0.462. The first kappa shape index (κ1) is 11.9. The predicted octanol–water partition coefficient (Wildman–Crippen LogP) is 2.04. The van der Waals surface area contributed by atoms with Crippen LogP contribution < -0.4 is 5.32 Å². The van der Waals surface area contributed by atoms with Crippen molar-refractivity contribution in [2.24, 2.45) is 5.41 Å². The van der Waals surface area contributed by atoms with Crippen LogP contribution in [-0.2, 0) is 11.2 Å². The van der Waals surface area contributed by atoms with Crippen molar-refractivity contribution >= 4 is 6.29 Å². The summed E-state index contributed by atoms with van der Waals surface area (Å²) < 4.78 is 0. The number of hydrogen-bond donors (Lipinski definition) is 1. The Kier molecular flexibility index (Phi) is 4.04. The molecule has 0 aliphatic heterocycles. The molecule has 15 heavy (non-hydrogen) atoms. The molecular formula is C13H19NO. The Morgan fingerprint density at radius 1 is 1.33 bits per heavy atom. The average molecular weight is 205 g/mol. The minimum Gasteiger partial charge on any atom is -0.310 e. The van der Waals surface area contributed by atoms with Gasteiger partial charge in [-0.1, -0.05) is 44.2 Å². The second-order valence-corrected chi connectivity index (χ2v) is 4.55. The first-order valence-electron chi connectivity index (χ1n) is 5.26. The molecule has 0 radical (unpaired) electrons. The number of nitrogens with one attached hydrogen (secondary N) is 1. The molecule has 0 unspecified atom stereocenters. The summed E-state index contributed by atoms with van der Waals surface area (Å²) in [5.41, 5.74) is 1.21. The number of benzene rings is 1. The van der Waals surface area contributed by atoms with E-state index in [2.05, 4.69) is 31.3 Å². The smallest absolute Gasteiger partial charge is 0.137 e. The Balaban J connectivity index is 2.75. The number of hydrogen-bond acceptors (Lipinski definition) is 2. The zero-order chi connectivity index (χ0) is 11.3. The summed E-state index contributed by atoms with van der Waals surface area (Å²) in [5, 5.41) is 3.04. The van der Waals surface area contributed by atoms with Gasteiger partial charge in [-0.05, 0) is 24.4 Å². The summed E-state index contributed by atoms with van der Waals surface area (Å²) in [6, 6.07) is 10.2. The summed E-state index contributed by atoms with van der Waals surface area (Å²) in [6.07, 6.45) is 1.89. The van der Waals surface area contributed by atoms with E-state index in [4.69, 9.17) is 0 Å². The molecule has 1 N–H and O–H groups in total. The van der Waals surface area contributed by atoms with Crippen LogP contribution in [0.4, 0.5) is 0 Å². The van der Waals surface area contributed by atoms with Gasteiger partial charge in [0, 0.05) is 0 Å². The molecule has 0 aromatic heterocycles. The van der Waals surface area contributed by atoms with E-state index in [0.717, 1.165) is 12.7 Å². The van der Waals surface area contributed by atoms with E-state index in [9.17, 15) is 4.79 Å². The van der Waals surface area contributed by atoms with Crippen molar-refractivity contribution in [1.29, 1.82) is 0 Å². The maximum Gasteiger partial charge on any atom is 0.137 e. The lowest BCUT2D eigenvalue weighted by atomic mass is 9.79. The first-order valence-corrected chi connectivity index (χ1v) is 5.26. The highest BCUT2D eigenvalue weighted by Crippen LogP contribution is 2.24. The van der Waals surface area contributed by atoms with Crippen LogP contribution in [0.1, 0.15) is 19.4 Å². The molecule has 0 saturated heterocycles. The van der Waals surface area contributed by atoms with E-state index in [-0.39, 0.29) is 11.5 Å². The van der Waals surface area contributed by atoms with Gasteiger partial charge < -0.3 is 10.1 Å². The fourth-order valence-corrected chi connectivity index (χ4v) is 1.87. The van der Waals surface area contributed by atoms with Crippen LogP contribution in [0.25, 0.3) is 0 Å². The van der Waals surface area contributed by atoms with E-state index in [0.29, 0.717) is 0 Å². The molecule has 0 aliphatic carbocycles. The molecule has 2 nitrogen and oxygen atoms in total. The molecule has 0 heterocycles. The maximum absolute atomic E-state index is 10.9. The quantitative estimate of drug-likeness (QED) is 0.745. The van der Waals surface area contributed by atoms with Gasteiger partial charge >= 0.3 is 0 Å². The van der Waals surface area contributed by atoms with Crippen LogP contribution in [0.5, 0.6) is 0 Å². The lowest BCUT2D eigenvalue weighted by Gasteiger charge is -2.30. The van der Waals surface area contributed by atoms with E-state index >= 15 is 0 Å². The van der Waals surface area contributed by atoms with Gasteiger partial charge in [-0.15, -0.1) is 0 Å².